The molecule has 0 radical (unpaired) electrons. The fourth-order valence-corrected chi connectivity index (χ4v) is 9.17. The highest BCUT2D eigenvalue weighted by Crippen LogP contribution is 2.55. The highest BCUT2D eigenvalue weighted by molar-refractivity contribution is 6.21. The summed E-state index contributed by atoms with van der Waals surface area (Å²) < 4.78 is 21.9. The Morgan fingerprint density at radius 3 is 1.36 bits per heavy atom. The number of carbonyl (C=O) groups is 4. The molecule has 6 aromatic carbocycles. The van der Waals surface area contributed by atoms with E-state index in [0.717, 1.165) is 36.8 Å². The molecule has 0 aromatic heterocycles. The molecule has 9 rings (SSSR count). The molecule has 59 heavy (non-hydrogen) atoms. The van der Waals surface area contributed by atoms with Crippen molar-refractivity contribution >= 4 is 35.3 Å². The molecular formula is C49H40N2O8. The lowest BCUT2D eigenvalue weighted by molar-refractivity contribution is -0.131. The Kier molecular flexibility index (Phi) is 9.47. The van der Waals surface area contributed by atoms with Gasteiger partial charge in [0, 0.05) is 46.0 Å². The number of nitrogens with zero attached hydrogens (tertiary/aromatic N) is 2. The Morgan fingerprint density at radius 1 is 0.508 bits per heavy atom. The molecule has 0 bridgehead atoms. The first-order chi connectivity index (χ1) is 28.7. The monoisotopic (exact) mass is 784 g/mol. The summed E-state index contributed by atoms with van der Waals surface area (Å²) in [7, 11) is 1.58. The number of amides is 2. The summed E-state index contributed by atoms with van der Waals surface area (Å²) in [6, 6.07) is 43.7. The molecule has 294 valence electrons. The van der Waals surface area contributed by atoms with Gasteiger partial charge in [-0.15, -0.1) is 0 Å². The average molecular weight is 785 g/mol. The van der Waals surface area contributed by atoms with Crippen molar-refractivity contribution in [2.24, 2.45) is 0 Å². The van der Waals surface area contributed by atoms with Crippen LogP contribution in [0.2, 0.25) is 0 Å². The predicted octanol–water partition coefficient (Wildman–Crippen LogP) is 9.97. The maximum atomic E-state index is 14.5. The van der Waals surface area contributed by atoms with Crippen molar-refractivity contribution in [1.82, 2.24) is 0 Å². The molecule has 1 saturated carbocycles. The number of methoxy groups -OCH3 is 1. The number of fused-ring (bicyclic) bond motifs is 4. The molecule has 1 unspecified atom stereocenters. The fraction of sp³-hybridized carbons (Fsp3) is 0.184. The smallest absolute Gasteiger partial charge is 0.497 e. The molecule has 10 heteroatoms. The van der Waals surface area contributed by atoms with Gasteiger partial charge in [-0.1, -0.05) is 79.9 Å². The van der Waals surface area contributed by atoms with Gasteiger partial charge in [0.25, 0.3) is 11.8 Å². The number of rotatable bonds is 8. The molecule has 0 saturated heterocycles. The minimum Gasteiger partial charge on any atom is -0.497 e. The largest absolute Gasteiger partial charge is 0.519 e. The van der Waals surface area contributed by atoms with Crippen LogP contribution in [0.15, 0.2) is 146 Å². The first kappa shape index (κ1) is 37.4. The number of hydrogen-bond acceptors (Lipinski definition) is 8. The van der Waals surface area contributed by atoms with E-state index in [1.807, 2.05) is 84.9 Å². The number of anilines is 2. The van der Waals surface area contributed by atoms with Gasteiger partial charge in [-0.25, -0.2) is 4.79 Å². The van der Waals surface area contributed by atoms with Gasteiger partial charge in [0.2, 0.25) is 0 Å². The summed E-state index contributed by atoms with van der Waals surface area (Å²) in [5.74, 6) is 0.789. The maximum Gasteiger partial charge on any atom is 0.519 e. The Bertz CT molecular complexity index is 2570. The van der Waals surface area contributed by atoms with Gasteiger partial charge in [-0.05, 0) is 109 Å². The van der Waals surface area contributed by atoms with E-state index < -0.39 is 11.8 Å². The van der Waals surface area contributed by atoms with E-state index >= 15 is 0 Å². The lowest BCUT2D eigenvalue weighted by Gasteiger charge is -2.43. The van der Waals surface area contributed by atoms with Crippen LogP contribution >= 0.6 is 0 Å². The van der Waals surface area contributed by atoms with Gasteiger partial charge in [0.1, 0.15) is 23.0 Å². The van der Waals surface area contributed by atoms with Gasteiger partial charge < -0.3 is 18.9 Å². The van der Waals surface area contributed by atoms with Gasteiger partial charge in [-0.2, -0.15) is 0 Å². The quantitative estimate of drug-likeness (QED) is 0.0852. The molecule has 2 heterocycles. The van der Waals surface area contributed by atoms with E-state index in [0.29, 0.717) is 50.9 Å². The standard InChI is InChI=1S/C49H40N2O8/c1-32(52)57-38-22-14-33(15-23-38)48(30-8-3-9-31-48)34-16-24-39(25-17-34)58-47(55)59-40-28-20-36(21-29-40)51-46(54)42-11-5-7-13-44(42)49(51)43-12-6-4-10-41(43)45(53)50(49)35-18-26-37(56-2)27-19-35/h4-7,10-29H,3,8-9,30-31H2,1-2H3. The minimum atomic E-state index is -1.35. The number of carbonyl (C=O) groups excluding carboxylic acids is 4. The van der Waals surface area contributed by atoms with Crippen LogP contribution in [0.25, 0.3) is 0 Å². The normalized spacial score (nSPS) is 17.7. The van der Waals surface area contributed by atoms with Crippen LogP contribution in [0.1, 0.15) is 82.0 Å². The van der Waals surface area contributed by atoms with E-state index in [4.69, 9.17) is 18.9 Å². The molecule has 1 spiro atoms. The van der Waals surface area contributed by atoms with Crippen molar-refractivity contribution in [3.63, 3.8) is 0 Å². The van der Waals surface area contributed by atoms with Crippen molar-refractivity contribution in [3.8, 4) is 23.0 Å². The summed E-state index contributed by atoms with van der Waals surface area (Å²) >= 11 is 0. The molecule has 6 aromatic rings. The lowest BCUT2D eigenvalue weighted by Crippen LogP contribution is -2.56. The van der Waals surface area contributed by atoms with Crippen LogP contribution < -0.4 is 28.7 Å². The van der Waals surface area contributed by atoms with Crippen molar-refractivity contribution in [2.45, 2.75) is 50.1 Å². The van der Waals surface area contributed by atoms with E-state index in [9.17, 15) is 19.2 Å². The Hall–Kier alpha value is -7.20. The predicted molar refractivity (Wildman–Crippen MR) is 221 cm³/mol. The van der Waals surface area contributed by atoms with Crippen molar-refractivity contribution < 1.29 is 38.1 Å². The van der Waals surface area contributed by atoms with Crippen LogP contribution in [0.5, 0.6) is 23.0 Å². The molecule has 2 amide bonds. The summed E-state index contributed by atoms with van der Waals surface area (Å²) in [5, 5.41) is 0. The van der Waals surface area contributed by atoms with E-state index in [1.54, 1.807) is 77.6 Å². The summed E-state index contributed by atoms with van der Waals surface area (Å²) in [6.45, 7) is 1.39. The van der Waals surface area contributed by atoms with E-state index in [2.05, 4.69) is 0 Å². The van der Waals surface area contributed by atoms with Gasteiger partial charge >= 0.3 is 12.1 Å². The van der Waals surface area contributed by atoms with Crippen LogP contribution in [0.4, 0.5) is 16.2 Å². The second-order valence-electron chi connectivity index (χ2n) is 15.0. The van der Waals surface area contributed by atoms with Gasteiger partial charge in [0.15, 0.2) is 5.66 Å². The number of ether oxygens (including phenoxy) is 4. The molecule has 2 aliphatic heterocycles. The third-order valence-corrected chi connectivity index (χ3v) is 11.7. The van der Waals surface area contributed by atoms with Crippen molar-refractivity contribution in [2.75, 3.05) is 16.9 Å². The zero-order valence-corrected chi connectivity index (χ0v) is 32.6. The zero-order valence-electron chi connectivity index (χ0n) is 32.6. The minimum absolute atomic E-state index is 0.210. The zero-order chi connectivity index (χ0) is 40.7. The van der Waals surface area contributed by atoms with Crippen molar-refractivity contribution in [3.05, 3.63) is 179 Å². The molecule has 0 N–H and O–H groups in total. The molecule has 1 atom stereocenters. The SMILES string of the molecule is COc1ccc(N2C(=O)c3ccccc3C23c2ccccc2C(=O)N3c2ccc(OC(=O)Oc3ccc(C4(c5ccc(OC(C)=O)cc5)CCCCC4)cc3)cc2)cc1. The lowest BCUT2D eigenvalue weighted by atomic mass is 9.65. The Morgan fingerprint density at radius 2 is 0.915 bits per heavy atom. The Balaban J connectivity index is 0.976. The summed E-state index contributed by atoms with van der Waals surface area (Å²) in [6.07, 6.45) is 4.36. The average Bonchev–Trinajstić information content (AvgIpc) is 3.68. The second-order valence-corrected chi connectivity index (χ2v) is 15.0. The van der Waals surface area contributed by atoms with Crippen LogP contribution in [0.3, 0.4) is 0 Å². The molecule has 1 aliphatic carbocycles. The van der Waals surface area contributed by atoms with Gasteiger partial charge in [0.05, 0.1) is 7.11 Å². The molecule has 10 nitrogen and oxygen atoms in total. The summed E-state index contributed by atoms with van der Waals surface area (Å²) in [4.78, 5) is 56.9. The first-order valence-corrected chi connectivity index (χ1v) is 19.6. The highest BCUT2D eigenvalue weighted by atomic mass is 16.7. The summed E-state index contributed by atoms with van der Waals surface area (Å²) in [5.41, 5.74) is 4.05. The van der Waals surface area contributed by atoms with E-state index in [-0.39, 0.29) is 28.9 Å². The van der Waals surface area contributed by atoms with Gasteiger partial charge in [-0.3, -0.25) is 24.2 Å². The molecule has 3 aliphatic rings. The number of hydrogen-bond donors (Lipinski definition) is 0. The van der Waals surface area contributed by atoms with Crippen LogP contribution in [0, 0.1) is 0 Å². The van der Waals surface area contributed by atoms with Crippen molar-refractivity contribution in [1.29, 1.82) is 0 Å². The highest BCUT2D eigenvalue weighted by Gasteiger charge is 2.62. The maximum absolute atomic E-state index is 14.5. The fourth-order valence-electron chi connectivity index (χ4n) is 9.17. The van der Waals surface area contributed by atoms with Crippen LogP contribution in [-0.4, -0.2) is 31.0 Å². The Labute approximate surface area is 341 Å². The molecular weight excluding hydrogens is 745 g/mol. The second kappa shape index (κ2) is 14.9. The third-order valence-electron chi connectivity index (χ3n) is 11.7. The third kappa shape index (κ3) is 6.28. The molecule has 1 fully saturated rings. The van der Waals surface area contributed by atoms with Crippen LogP contribution in [-0.2, 0) is 15.9 Å². The first-order valence-electron chi connectivity index (χ1n) is 19.6. The number of benzene rings is 6. The number of esters is 1. The van der Waals surface area contributed by atoms with E-state index in [1.165, 1.54) is 13.3 Å². The topological polar surface area (TPSA) is 112 Å².